The van der Waals surface area contributed by atoms with Crippen LogP contribution in [0.2, 0.25) is 0 Å². The fraction of sp³-hybridized carbons (Fsp3) is 0.375. The Morgan fingerprint density at radius 2 is 2.25 bits per heavy atom. The van der Waals surface area contributed by atoms with Gasteiger partial charge in [-0.2, -0.15) is 4.37 Å². The van der Waals surface area contributed by atoms with E-state index in [9.17, 15) is 4.79 Å². The van der Waals surface area contributed by atoms with Gasteiger partial charge in [0.05, 0.1) is 5.92 Å². The zero-order valence-electron chi connectivity index (χ0n) is 13.2. The largest absolute Gasteiger partial charge is 0.440 e. The lowest BCUT2D eigenvalue weighted by Gasteiger charge is -2.30. The molecule has 124 valence electrons. The van der Waals surface area contributed by atoms with E-state index in [1.165, 1.54) is 11.5 Å². The molecule has 0 bridgehead atoms. The van der Waals surface area contributed by atoms with E-state index in [1.54, 1.807) is 11.8 Å². The average Bonchev–Trinajstić information content (AvgIpc) is 3.21. The molecule has 1 aromatic carbocycles. The lowest BCUT2D eigenvalue weighted by Crippen LogP contribution is -2.41. The van der Waals surface area contributed by atoms with Gasteiger partial charge >= 0.3 is 6.03 Å². The third-order valence-corrected chi connectivity index (χ3v) is 4.83. The van der Waals surface area contributed by atoms with E-state index in [1.807, 2.05) is 24.3 Å². The normalized spacial score (nSPS) is 18.0. The highest BCUT2D eigenvalue weighted by Gasteiger charge is 2.28. The number of carbonyl (C=O) groups is 1. The first-order chi connectivity index (χ1) is 11.7. The van der Waals surface area contributed by atoms with Crippen LogP contribution in [0.1, 0.15) is 30.5 Å². The van der Waals surface area contributed by atoms with Crippen molar-refractivity contribution < 1.29 is 9.21 Å². The average molecular weight is 343 g/mol. The lowest BCUT2D eigenvalue weighted by molar-refractivity contribution is 0.187. The summed E-state index contributed by atoms with van der Waals surface area (Å²) in [5, 5.41) is 3.34. The highest BCUT2D eigenvalue weighted by atomic mass is 32.1. The zero-order valence-corrected chi connectivity index (χ0v) is 14.0. The second-order valence-electron chi connectivity index (χ2n) is 5.88. The number of hydrogen-bond acceptors (Lipinski definition) is 6. The third-order valence-electron chi connectivity index (χ3n) is 4.11. The van der Waals surface area contributed by atoms with Crippen LogP contribution >= 0.6 is 11.5 Å². The summed E-state index contributed by atoms with van der Waals surface area (Å²) in [6.07, 6.45) is 1.89. The molecule has 0 aliphatic carbocycles. The smallest absolute Gasteiger partial charge is 0.323 e. The molecular formula is C16H17N5O2S. The summed E-state index contributed by atoms with van der Waals surface area (Å²) in [5.74, 6) is 1.49. The molecule has 24 heavy (non-hydrogen) atoms. The molecule has 3 aromatic rings. The maximum atomic E-state index is 12.4. The van der Waals surface area contributed by atoms with Crippen molar-refractivity contribution in [3.8, 4) is 0 Å². The standard InChI is InChI=1S/C16H17N5O2S/c1-10-17-15(24-20-10)19-16(22)21-8-4-5-11(9-21)14-18-12-6-2-3-7-13(12)23-14/h2-3,6-7,11H,4-5,8-9H2,1H3,(H,17,19,20,22). The zero-order chi connectivity index (χ0) is 16.5. The Hall–Kier alpha value is -2.48. The quantitative estimate of drug-likeness (QED) is 0.771. The fourth-order valence-corrected chi connectivity index (χ4v) is 3.51. The third kappa shape index (κ3) is 2.96. The minimum atomic E-state index is -0.146. The van der Waals surface area contributed by atoms with E-state index < -0.39 is 0 Å². The molecule has 1 aliphatic rings. The first-order valence-electron chi connectivity index (χ1n) is 7.91. The number of para-hydroxylation sites is 2. The van der Waals surface area contributed by atoms with Gasteiger partial charge in [-0.1, -0.05) is 12.1 Å². The number of rotatable bonds is 2. The molecule has 7 nitrogen and oxygen atoms in total. The number of anilines is 1. The highest BCUT2D eigenvalue weighted by molar-refractivity contribution is 7.09. The minimum absolute atomic E-state index is 0.119. The predicted octanol–water partition coefficient (Wildman–Crippen LogP) is 3.40. The van der Waals surface area contributed by atoms with Crippen LogP contribution in [0.3, 0.4) is 0 Å². The number of piperidine rings is 1. The van der Waals surface area contributed by atoms with Crippen LogP contribution in [-0.2, 0) is 0 Å². The maximum absolute atomic E-state index is 12.4. The Labute approximate surface area is 142 Å². The topological polar surface area (TPSA) is 84.2 Å². The molecule has 0 saturated carbocycles. The maximum Gasteiger partial charge on any atom is 0.323 e. The number of oxazole rings is 1. The molecular weight excluding hydrogens is 326 g/mol. The van der Waals surface area contributed by atoms with E-state index in [0.29, 0.717) is 23.4 Å². The van der Waals surface area contributed by atoms with E-state index >= 15 is 0 Å². The molecule has 1 N–H and O–H groups in total. The van der Waals surface area contributed by atoms with Crippen molar-refractivity contribution in [1.82, 2.24) is 19.2 Å². The van der Waals surface area contributed by atoms with Crippen molar-refractivity contribution in [1.29, 1.82) is 0 Å². The second kappa shape index (κ2) is 6.20. The Balaban J connectivity index is 1.47. The van der Waals surface area contributed by atoms with Gasteiger partial charge < -0.3 is 9.32 Å². The van der Waals surface area contributed by atoms with Crippen molar-refractivity contribution >= 4 is 33.8 Å². The summed E-state index contributed by atoms with van der Waals surface area (Å²) >= 11 is 1.19. The molecule has 1 atom stereocenters. The van der Waals surface area contributed by atoms with E-state index in [0.717, 1.165) is 30.5 Å². The molecule has 1 fully saturated rings. The van der Waals surface area contributed by atoms with Gasteiger partial charge in [-0.05, 0) is 31.9 Å². The molecule has 1 aliphatic heterocycles. The van der Waals surface area contributed by atoms with Gasteiger partial charge in [0.1, 0.15) is 11.3 Å². The molecule has 1 saturated heterocycles. The van der Waals surface area contributed by atoms with E-state index in [2.05, 4.69) is 19.7 Å². The van der Waals surface area contributed by atoms with Crippen molar-refractivity contribution in [2.24, 2.45) is 0 Å². The number of amides is 2. The summed E-state index contributed by atoms with van der Waals surface area (Å²) < 4.78 is 9.94. The Morgan fingerprint density at radius 1 is 1.38 bits per heavy atom. The van der Waals surface area contributed by atoms with E-state index in [-0.39, 0.29) is 11.9 Å². The Bertz CT molecular complexity index is 841. The number of benzene rings is 1. The van der Waals surface area contributed by atoms with Gasteiger partial charge in [0.25, 0.3) is 0 Å². The SMILES string of the molecule is Cc1nsc(NC(=O)N2CCCC(c3nc4ccccc4o3)C2)n1. The number of likely N-dealkylation sites (tertiary alicyclic amines) is 1. The number of hydrogen-bond donors (Lipinski definition) is 1. The first-order valence-corrected chi connectivity index (χ1v) is 8.68. The Kier molecular flexibility index (Phi) is 3.89. The molecule has 3 heterocycles. The van der Waals surface area contributed by atoms with Crippen LogP contribution in [0.15, 0.2) is 28.7 Å². The summed E-state index contributed by atoms with van der Waals surface area (Å²) in [6, 6.07) is 7.58. The second-order valence-corrected chi connectivity index (χ2v) is 6.63. The number of fused-ring (bicyclic) bond motifs is 1. The molecule has 0 radical (unpaired) electrons. The summed E-state index contributed by atoms with van der Waals surface area (Å²) in [4.78, 5) is 23.0. The fourth-order valence-electron chi connectivity index (χ4n) is 2.95. The number of aryl methyl sites for hydroxylation is 1. The lowest BCUT2D eigenvalue weighted by atomic mass is 9.98. The van der Waals surface area contributed by atoms with Gasteiger partial charge in [0.15, 0.2) is 11.5 Å². The van der Waals surface area contributed by atoms with Crippen molar-refractivity contribution in [3.63, 3.8) is 0 Å². The molecule has 2 amide bonds. The van der Waals surface area contributed by atoms with Crippen LogP contribution in [-0.4, -0.2) is 38.4 Å². The van der Waals surface area contributed by atoms with Gasteiger partial charge in [-0.15, -0.1) is 0 Å². The number of urea groups is 1. The van der Waals surface area contributed by atoms with Crippen LogP contribution in [0.5, 0.6) is 0 Å². The van der Waals surface area contributed by atoms with Crippen LogP contribution in [0, 0.1) is 6.92 Å². The highest BCUT2D eigenvalue weighted by Crippen LogP contribution is 2.29. The van der Waals surface area contributed by atoms with Crippen LogP contribution < -0.4 is 5.32 Å². The summed E-state index contributed by atoms with van der Waals surface area (Å²) in [7, 11) is 0. The molecule has 2 aromatic heterocycles. The van der Waals surface area contributed by atoms with Gasteiger partial charge in [0, 0.05) is 24.6 Å². The molecule has 0 spiro atoms. The van der Waals surface area contributed by atoms with Crippen molar-refractivity contribution in [2.75, 3.05) is 18.4 Å². The van der Waals surface area contributed by atoms with Crippen LogP contribution in [0.4, 0.5) is 9.93 Å². The predicted molar refractivity (Wildman–Crippen MR) is 91.2 cm³/mol. The number of carbonyl (C=O) groups excluding carboxylic acids is 1. The minimum Gasteiger partial charge on any atom is -0.440 e. The Morgan fingerprint density at radius 3 is 3.04 bits per heavy atom. The van der Waals surface area contributed by atoms with Crippen molar-refractivity contribution in [3.05, 3.63) is 36.0 Å². The number of nitrogens with one attached hydrogen (secondary N) is 1. The van der Waals surface area contributed by atoms with Gasteiger partial charge in [0.2, 0.25) is 5.13 Å². The van der Waals surface area contributed by atoms with Crippen LogP contribution in [0.25, 0.3) is 11.1 Å². The monoisotopic (exact) mass is 343 g/mol. The van der Waals surface area contributed by atoms with Gasteiger partial charge in [-0.25, -0.2) is 14.8 Å². The molecule has 8 heteroatoms. The molecule has 1 unspecified atom stereocenters. The molecule has 4 rings (SSSR count). The van der Waals surface area contributed by atoms with E-state index in [4.69, 9.17) is 4.42 Å². The summed E-state index contributed by atoms with van der Waals surface area (Å²) in [6.45, 7) is 3.12. The summed E-state index contributed by atoms with van der Waals surface area (Å²) in [5.41, 5.74) is 1.65. The first kappa shape index (κ1) is 15.1. The van der Waals surface area contributed by atoms with Gasteiger partial charge in [-0.3, -0.25) is 5.32 Å². The number of nitrogens with zero attached hydrogens (tertiary/aromatic N) is 4. The number of aromatic nitrogens is 3. The van der Waals surface area contributed by atoms with Crippen molar-refractivity contribution in [2.45, 2.75) is 25.7 Å².